The number of nitrogens with one attached hydrogen (secondary N) is 1. The Morgan fingerprint density at radius 2 is 2.05 bits per heavy atom. The van der Waals surface area contributed by atoms with Crippen LogP contribution < -0.4 is 5.32 Å². The molecular weight excluding hydrogens is 298 g/mol. The fourth-order valence-electron chi connectivity index (χ4n) is 1.57. The van der Waals surface area contributed by atoms with Crippen molar-refractivity contribution in [1.29, 1.82) is 0 Å². The molecule has 0 unspecified atom stereocenters. The highest BCUT2D eigenvalue weighted by Crippen LogP contribution is 2.19. The number of anilines is 2. The highest BCUT2D eigenvalue weighted by atomic mass is 35.5. The Bertz CT molecular complexity index is 622. The number of benzene rings is 1. The van der Waals surface area contributed by atoms with E-state index < -0.39 is 5.97 Å². The van der Waals surface area contributed by atoms with E-state index in [1.165, 1.54) is 11.8 Å². The monoisotopic (exact) mass is 311 g/mol. The normalized spacial score (nSPS) is 9.70. The molecule has 1 aromatic heterocycles. The van der Waals surface area contributed by atoms with E-state index in [0.29, 0.717) is 16.7 Å². The van der Waals surface area contributed by atoms with E-state index in [-0.39, 0.29) is 18.0 Å². The van der Waals surface area contributed by atoms with Crippen molar-refractivity contribution in [3.63, 3.8) is 0 Å². The van der Waals surface area contributed by atoms with Crippen molar-refractivity contribution in [2.45, 2.75) is 12.1 Å². The number of aryl methyl sites for hydroxylation is 1. The molecule has 1 aromatic carbocycles. The number of aromatic nitrogens is 2. The van der Waals surface area contributed by atoms with Gasteiger partial charge in [-0.15, -0.1) is 12.4 Å². The van der Waals surface area contributed by atoms with Crippen molar-refractivity contribution in [2.24, 2.45) is 0 Å². The van der Waals surface area contributed by atoms with Gasteiger partial charge in [-0.1, -0.05) is 17.8 Å². The fourth-order valence-corrected chi connectivity index (χ4v) is 2.00. The lowest BCUT2D eigenvalue weighted by molar-refractivity contribution is 0.0697. The maximum absolute atomic E-state index is 10.9. The maximum atomic E-state index is 10.9. The highest BCUT2D eigenvalue weighted by Gasteiger charge is 2.05. The summed E-state index contributed by atoms with van der Waals surface area (Å²) in [6.45, 7) is 1.89. The number of thioether (sulfide) groups is 1. The van der Waals surface area contributed by atoms with Crippen LogP contribution in [0.5, 0.6) is 0 Å². The summed E-state index contributed by atoms with van der Waals surface area (Å²) in [6, 6.07) is 8.41. The Labute approximate surface area is 127 Å². The zero-order chi connectivity index (χ0) is 13.8. The average molecular weight is 312 g/mol. The van der Waals surface area contributed by atoms with Crippen LogP contribution in [0.15, 0.2) is 35.5 Å². The summed E-state index contributed by atoms with van der Waals surface area (Å²) in [5.74, 6) is -0.299. The van der Waals surface area contributed by atoms with E-state index >= 15 is 0 Å². The van der Waals surface area contributed by atoms with E-state index in [9.17, 15) is 4.79 Å². The van der Waals surface area contributed by atoms with Crippen LogP contribution in [-0.2, 0) is 0 Å². The van der Waals surface area contributed by atoms with Crippen LogP contribution >= 0.6 is 24.2 Å². The Hall–Kier alpha value is -1.79. The van der Waals surface area contributed by atoms with Gasteiger partial charge < -0.3 is 10.4 Å². The maximum Gasteiger partial charge on any atom is 0.335 e. The van der Waals surface area contributed by atoms with Gasteiger partial charge in [0.15, 0.2) is 5.16 Å². The van der Waals surface area contributed by atoms with Crippen molar-refractivity contribution in [1.82, 2.24) is 9.97 Å². The molecule has 20 heavy (non-hydrogen) atoms. The molecule has 0 radical (unpaired) electrons. The lowest BCUT2D eigenvalue weighted by Gasteiger charge is -2.08. The summed E-state index contributed by atoms with van der Waals surface area (Å²) in [7, 11) is 0. The van der Waals surface area contributed by atoms with Crippen LogP contribution in [0.25, 0.3) is 0 Å². The number of carbonyl (C=O) groups is 1. The Morgan fingerprint density at radius 1 is 1.30 bits per heavy atom. The molecule has 0 amide bonds. The van der Waals surface area contributed by atoms with Gasteiger partial charge in [-0.2, -0.15) is 0 Å². The van der Waals surface area contributed by atoms with Crippen molar-refractivity contribution in [3.05, 3.63) is 41.6 Å². The van der Waals surface area contributed by atoms with E-state index in [0.717, 1.165) is 5.69 Å². The third-order valence-electron chi connectivity index (χ3n) is 2.40. The standard InChI is InChI=1S/C13H13N3O2S.ClH/c1-8-6-11(16-13(14-8)19-2)15-10-5-3-4-9(7-10)12(17)18;/h3-7H,1-2H3,(H,17,18)(H,14,15,16);1H. The highest BCUT2D eigenvalue weighted by molar-refractivity contribution is 7.98. The van der Waals surface area contributed by atoms with Gasteiger partial charge in [-0.3, -0.25) is 0 Å². The van der Waals surface area contributed by atoms with Crippen LogP contribution in [0.4, 0.5) is 11.5 Å². The van der Waals surface area contributed by atoms with E-state index in [4.69, 9.17) is 5.11 Å². The Morgan fingerprint density at radius 3 is 2.70 bits per heavy atom. The van der Waals surface area contributed by atoms with Gasteiger partial charge in [0.25, 0.3) is 0 Å². The van der Waals surface area contributed by atoms with Crippen LogP contribution in [0.1, 0.15) is 16.1 Å². The first-order valence-corrected chi connectivity index (χ1v) is 6.81. The third kappa shape index (κ3) is 4.11. The summed E-state index contributed by atoms with van der Waals surface area (Å²) in [5, 5.41) is 12.7. The molecule has 1 heterocycles. The molecule has 0 saturated carbocycles. The molecular formula is C13H14ClN3O2S. The summed E-state index contributed by atoms with van der Waals surface area (Å²) in [5.41, 5.74) is 1.78. The van der Waals surface area contributed by atoms with Gasteiger partial charge in [-0.05, 0) is 31.4 Å². The summed E-state index contributed by atoms with van der Waals surface area (Å²) < 4.78 is 0. The van der Waals surface area contributed by atoms with Gasteiger partial charge >= 0.3 is 5.97 Å². The second kappa shape index (κ2) is 7.12. The van der Waals surface area contributed by atoms with E-state index in [1.54, 1.807) is 24.3 Å². The second-order valence-electron chi connectivity index (χ2n) is 3.89. The molecule has 0 atom stereocenters. The molecule has 106 valence electrons. The number of hydrogen-bond donors (Lipinski definition) is 2. The van der Waals surface area contributed by atoms with Gasteiger partial charge in [0.05, 0.1) is 5.56 Å². The first kappa shape index (κ1) is 16.3. The predicted molar refractivity (Wildman–Crippen MR) is 82.5 cm³/mol. The number of carboxylic acid groups (broad SMARTS) is 1. The smallest absolute Gasteiger partial charge is 0.335 e. The van der Waals surface area contributed by atoms with Crippen LogP contribution in [-0.4, -0.2) is 27.3 Å². The molecule has 0 aliphatic rings. The molecule has 2 N–H and O–H groups in total. The summed E-state index contributed by atoms with van der Waals surface area (Å²) in [4.78, 5) is 19.5. The number of halogens is 1. The van der Waals surface area contributed by atoms with Gasteiger partial charge in [-0.25, -0.2) is 14.8 Å². The number of rotatable bonds is 4. The number of hydrogen-bond acceptors (Lipinski definition) is 5. The minimum Gasteiger partial charge on any atom is -0.478 e. The summed E-state index contributed by atoms with van der Waals surface area (Å²) >= 11 is 1.46. The molecule has 2 aromatic rings. The topological polar surface area (TPSA) is 75.1 Å². The third-order valence-corrected chi connectivity index (χ3v) is 2.95. The molecule has 5 nitrogen and oxygen atoms in total. The van der Waals surface area contributed by atoms with E-state index in [2.05, 4.69) is 15.3 Å². The first-order chi connectivity index (χ1) is 9.08. The molecule has 0 saturated heterocycles. The van der Waals surface area contributed by atoms with Gasteiger partial charge in [0.2, 0.25) is 0 Å². The van der Waals surface area contributed by atoms with Crippen molar-refractivity contribution >= 4 is 41.6 Å². The predicted octanol–water partition coefficient (Wildman–Crippen LogP) is 3.37. The Balaban J connectivity index is 0.00000200. The molecule has 0 fully saturated rings. The second-order valence-corrected chi connectivity index (χ2v) is 4.67. The zero-order valence-corrected chi connectivity index (χ0v) is 12.6. The zero-order valence-electron chi connectivity index (χ0n) is 11.0. The van der Waals surface area contributed by atoms with Crippen molar-refractivity contribution in [2.75, 3.05) is 11.6 Å². The molecule has 0 aliphatic heterocycles. The number of carboxylic acids is 1. The van der Waals surface area contributed by atoms with Crippen LogP contribution in [0.2, 0.25) is 0 Å². The van der Waals surface area contributed by atoms with Crippen molar-refractivity contribution < 1.29 is 9.90 Å². The minimum atomic E-state index is -0.952. The van der Waals surface area contributed by atoms with Crippen LogP contribution in [0.3, 0.4) is 0 Å². The minimum absolute atomic E-state index is 0. The fraction of sp³-hybridized carbons (Fsp3) is 0.154. The summed E-state index contributed by atoms with van der Waals surface area (Å²) in [6.07, 6.45) is 1.91. The van der Waals surface area contributed by atoms with Crippen molar-refractivity contribution in [3.8, 4) is 0 Å². The SMILES string of the molecule is CSc1nc(C)cc(Nc2cccc(C(=O)O)c2)n1.Cl. The lowest BCUT2D eigenvalue weighted by atomic mass is 10.2. The Kier molecular flexibility index (Phi) is 5.79. The quantitative estimate of drug-likeness (QED) is 0.666. The average Bonchev–Trinajstić information content (AvgIpc) is 2.38. The van der Waals surface area contributed by atoms with Crippen LogP contribution in [0, 0.1) is 6.92 Å². The molecule has 2 rings (SSSR count). The van der Waals surface area contributed by atoms with E-state index in [1.807, 2.05) is 19.2 Å². The lowest BCUT2D eigenvalue weighted by Crippen LogP contribution is -2.00. The molecule has 0 aliphatic carbocycles. The molecule has 7 heteroatoms. The largest absolute Gasteiger partial charge is 0.478 e. The number of nitrogens with zero attached hydrogens (tertiary/aromatic N) is 2. The number of aromatic carboxylic acids is 1. The van der Waals surface area contributed by atoms with Gasteiger partial charge in [0.1, 0.15) is 5.82 Å². The molecule has 0 bridgehead atoms. The van der Waals surface area contributed by atoms with Gasteiger partial charge in [0, 0.05) is 17.4 Å². The first-order valence-electron chi connectivity index (χ1n) is 5.58. The molecule has 0 spiro atoms.